The van der Waals surface area contributed by atoms with Crippen LogP contribution in [0.2, 0.25) is 0 Å². The molecule has 0 radical (unpaired) electrons. The summed E-state index contributed by atoms with van der Waals surface area (Å²) in [6.07, 6.45) is 0.669. The fourth-order valence-electron chi connectivity index (χ4n) is 2.52. The topological polar surface area (TPSA) is 94.4 Å². The summed E-state index contributed by atoms with van der Waals surface area (Å²) in [4.78, 5) is 12.6. The molecule has 0 saturated carbocycles. The third kappa shape index (κ3) is 5.19. The van der Waals surface area contributed by atoms with E-state index >= 15 is 0 Å². The number of rotatable bonds is 8. The van der Waals surface area contributed by atoms with Crippen LogP contribution in [0, 0.1) is 17.1 Å². The first-order valence-corrected chi connectivity index (χ1v) is 8.54. The summed E-state index contributed by atoms with van der Waals surface area (Å²) in [5.74, 6) is -0.779. The van der Waals surface area contributed by atoms with Gasteiger partial charge in [-0.25, -0.2) is 4.39 Å². The number of nitrogens with one attached hydrogen (secondary N) is 2. The highest BCUT2D eigenvalue weighted by Gasteiger charge is 2.15. The number of carbonyl (C=O) groups excluding carboxylic acids is 1. The first-order chi connectivity index (χ1) is 13.0. The molecule has 0 fully saturated rings. The number of ether oxygens (including phenoxy) is 1. The molecule has 0 saturated heterocycles. The Labute approximate surface area is 157 Å². The van der Waals surface area contributed by atoms with Crippen LogP contribution in [0.15, 0.2) is 36.4 Å². The number of hydrogen-bond donors (Lipinski definition) is 3. The number of carbonyl (C=O) groups is 1. The highest BCUT2D eigenvalue weighted by atomic mass is 19.1. The highest BCUT2D eigenvalue weighted by molar-refractivity contribution is 6.00. The molecule has 0 spiro atoms. The smallest absolute Gasteiger partial charge is 0.253 e. The minimum absolute atomic E-state index is 0.0807. The van der Waals surface area contributed by atoms with Crippen LogP contribution in [0.25, 0.3) is 0 Å². The van der Waals surface area contributed by atoms with E-state index in [-0.39, 0.29) is 30.5 Å². The maximum Gasteiger partial charge on any atom is 0.253 e. The highest BCUT2D eigenvalue weighted by Crippen LogP contribution is 2.20. The van der Waals surface area contributed by atoms with Gasteiger partial charge in [0.25, 0.3) is 5.91 Å². The van der Waals surface area contributed by atoms with Crippen LogP contribution >= 0.6 is 0 Å². The molecule has 0 aliphatic carbocycles. The largest absolute Gasteiger partial charge is 0.494 e. The summed E-state index contributed by atoms with van der Waals surface area (Å²) in [6.45, 7) is 1.95. The number of nitriles is 1. The van der Waals surface area contributed by atoms with Gasteiger partial charge in [-0.2, -0.15) is 5.26 Å². The van der Waals surface area contributed by atoms with Gasteiger partial charge in [-0.15, -0.1) is 0 Å². The summed E-state index contributed by atoms with van der Waals surface area (Å²) >= 11 is 0. The van der Waals surface area contributed by atoms with E-state index in [4.69, 9.17) is 10.00 Å². The molecule has 0 aliphatic rings. The van der Waals surface area contributed by atoms with Crippen molar-refractivity contribution in [3.05, 3.63) is 58.9 Å². The molecule has 3 N–H and O–H groups in total. The van der Waals surface area contributed by atoms with Crippen molar-refractivity contribution >= 4 is 11.6 Å². The maximum absolute atomic E-state index is 13.8. The molecule has 0 bridgehead atoms. The number of nitrogens with zero attached hydrogens (tertiary/aromatic N) is 1. The summed E-state index contributed by atoms with van der Waals surface area (Å²) in [5.41, 5.74) is 1.73. The molecule has 27 heavy (non-hydrogen) atoms. The zero-order chi connectivity index (χ0) is 19.8. The Morgan fingerprint density at radius 1 is 1.33 bits per heavy atom. The lowest BCUT2D eigenvalue weighted by atomic mass is 10.1. The standard InChI is InChI=1S/C20H22FN3O3/c1-3-15(12-25)24-18-6-4-13(10-22)8-16(18)20(26)23-11-14-5-7-19(27-2)17(21)9-14/h4-9,15,24-25H,3,11-12H2,1-2H3,(H,23,26). The van der Waals surface area contributed by atoms with E-state index in [1.807, 2.05) is 13.0 Å². The Morgan fingerprint density at radius 2 is 2.11 bits per heavy atom. The van der Waals surface area contributed by atoms with Crippen molar-refractivity contribution in [3.8, 4) is 11.8 Å². The van der Waals surface area contributed by atoms with Gasteiger partial charge in [-0.1, -0.05) is 13.0 Å². The molecule has 0 aliphatic heterocycles. The van der Waals surface area contributed by atoms with Crippen molar-refractivity contribution in [2.75, 3.05) is 19.0 Å². The second-order valence-electron chi connectivity index (χ2n) is 5.96. The lowest BCUT2D eigenvalue weighted by molar-refractivity contribution is 0.0951. The van der Waals surface area contributed by atoms with Crippen LogP contribution < -0.4 is 15.4 Å². The van der Waals surface area contributed by atoms with Crippen LogP contribution in [-0.2, 0) is 6.54 Å². The number of methoxy groups -OCH3 is 1. The van der Waals surface area contributed by atoms with Crippen LogP contribution in [-0.4, -0.2) is 30.8 Å². The summed E-state index contributed by atoms with van der Waals surface area (Å²) < 4.78 is 18.6. The average Bonchev–Trinajstić information content (AvgIpc) is 2.70. The van der Waals surface area contributed by atoms with Crippen molar-refractivity contribution in [1.82, 2.24) is 5.32 Å². The van der Waals surface area contributed by atoms with E-state index in [0.29, 0.717) is 23.2 Å². The van der Waals surface area contributed by atoms with Gasteiger partial charge in [0.15, 0.2) is 11.6 Å². The maximum atomic E-state index is 13.8. The number of aliphatic hydroxyl groups excluding tert-OH is 1. The van der Waals surface area contributed by atoms with E-state index in [2.05, 4.69) is 10.6 Å². The predicted octanol–water partition coefficient (Wildman–Crippen LogP) is 2.82. The number of hydrogen-bond acceptors (Lipinski definition) is 5. The zero-order valence-corrected chi connectivity index (χ0v) is 15.3. The van der Waals surface area contributed by atoms with Gasteiger partial charge < -0.3 is 20.5 Å². The SMILES string of the molecule is CCC(CO)Nc1ccc(C#N)cc1C(=O)NCc1ccc(OC)c(F)c1. The Balaban J connectivity index is 2.18. The van der Waals surface area contributed by atoms with Crippen molar-refractivity contribution in [3.63, 3.8) is 0 Å². The Hall–Kier alpha value is -3.11. The summed E-state index contributed by atoms with van der Waals surface area (Å²) in [6, 6.07) is 11.0. The van der Waals surface area contributed by atoms with E-state index < -0.39 is 11.7 Å². The molecule has 1 amide bonds. The number of benzene rings is 2. The third-order valence-corrected chi connectivity index (χ3v) is 4.14. The Morgan fingerprint density at radius 3 is 2.70 bits per heavy atom. The number of amides is 1. The predicted molar refractivity (Wildman–Crippen MR) is 100 cm³/mol. The van der Waals surface area contributed by atoms with Gasteiger partial charge in [0.05, 0.1) is 30.9 Å². The fraction of sp³-hybridized carbons (Fsp3) is 0.300. The van der Waals surface area contributed by atoms with E-state index in [1.165, 1.54) is 25.3 Å². The third-order valence-electron chi connectivity index (χ3n) is 4.14. The van der Waals surface area contributed by atoms with Gasteiger partial charge in [0.1, 0.15) is 0 Å². The van der Waals surface area contributed by atoms with E-state index in [0.717, 1.165) is 0 Å². The van der Waals surface area contributed by atoms with Crippen LogP contribution in [0.5, 0.6) is 5.75 Å². The zero-order valence-electron chi connectivity index (χ0n) is 15.3. The number of anilines is 1. The Kier molecular flexibility index (Phi) is 7.15. The van der Waals surface area contributed by atoms with E-state index in [1.54, 1.807) is 18.2 Å². The van der Waals surface area contributed by atoms with Crippen LogP contribution in [0.4, 0.5) is 10.1 Å². The molecule has 1 atom stereocenters. The fourth-order valence-corrected chi connectivity index (χ4v) is 2.52. The molecule has 2 aromatic rings. The van der Waals surface area contributed by atoms with E-state index in [9.17, 15) is 14.3 Å². The van der Waals surface area contributed by atoms with Crippen molar-refractivity contribution in [1.29, 1.82) is 5.26 Å². The minimum Gasteiger partial charge on any atom is -0.494 e. The molecule has 7 heteroatoms. The number of halogens is 1. The van der Waals surface area contributed by atoms with Crippen molar-refractivity contribution < 1.29 is 19.0 Å². The lowest BCUT2D eigenvalue weighted by Gasteiger charge is -2.18. The average molecular weight is 371 g/mol. The summed E-state index contributed by atoms with van der Waals surface area (Å²) in [7, 11) is 1.38. The normalized spacial score (nSPS) is 11.4. The monoisotopic (exact) mass is 371 g/mol. The molecule has 1 unspecified atom stereocenters. The molecule has 0 heterocycles. The molecule has 6 nitrogen and oxygen atoms in total. The first-order valence-electron chi connectivity index (χ1n) is 8.54. The quantitative estimate of drug-likeness (QED) is 0.663. The number of aliphatic hydroxyl groups is 1. The van der Waals surface area contributed by atoms with Crippen molar-refractivity contribution in [2.24, 2.45) is 0 Å². The second-order valence-corrected chi connectivity index (χ2v) is 5.96. The molecular formula is C20H22FN3O3. The Bertz CT molecular complexity index is 845. The van der Waals surface area contributed by atoms with Gasteiger partial charge in [0, 0.05) is 18.3 Å². The van der Waals surface area contributed by atoms with Gasteiger partial charge in [-0.05, 0) is 42.3 Å². The van der Waals surface area contributed by atoms with Crippen LogP contribution in [0.3, 0.4) is 0 Å². The van der Waals surface area contributed by atoms with Crippen LogP contribution in [0.1, 0.15) is 34.8 Å². The van der Waals surface area contributed by atoms with Crippen molar-refractivity contribution in [2.45, 2.75) is 25.9 Å². The first kappa shape index (κ1) is 20.2. The second kappa shape index (κ2) is 9.55. The molecule has 0 aromatic heterocycles. The van der Waals surface area contributed by atoms with Gasteiger partial charge in [-0.3, -0.25) is 4.79 Å². The molecule has 2 rings (SSSR count). The molecular weight excluding hydrogens is 349 g/mol. The lowest BCUT2D eigenvalue weighted by Crippen LogP contribution is -2.27. The van der Waals surface area contributed by atoms with Gasteiger partial charge >= 0.3 is 0 Å². The minimum atomic E-state index is -0.508. The summed E-state index contributed by atoms with van der Waals surface area (Å²) in [5, 5.41) is 24.3. The molecule has 2 aromatic carbocycles. The van der Waals surface area contributed by atoms with Gasteiger partial charge in [0.2, 0.25) is 0 Å². The molecule has 142 valence electrons.